The molecule has 3 rings (SSSR count). The monoisotopic (exact) mass is 404 g/mol. The first-order valence-electron chi connectivity index (χ1n) is 7.86. The minimum Gasteiger partial charge on any atom is -1.00 e. The van der Waals surface area contributed by atoms with Gasteiger partial charge in [0.15, 0.2) is 0 Å². The Hall–Kier alpha value is -0.510. The van der Waals surface area contributed by atoms with Crippen LogP contribution in [0.5, 0.6) is 0 Å². The molecule has 12 nitrogen and oxygen atoms in total. The van der Waals surface area contributed by atoms with E-state index in [1.807, 2.05) is 0 Å². The van der Waals surface area contributed by atoms with E-state index in [0.29, 0.717) is 31.1 Å². The van der Waals surface area contributed by atoms with Crippen molar-refractivity contribution in [2.24, 2.45) is 0 Å². The van der Waals surface area contributed by atoms with Crippen LogP contribution >= 0.6 is 0 Å². The maximum absolute atomic E-state index is 12.3. The molecule has 3 fully saturated rings. The van der Waals surface area contributed by atoms with E-state index in [9.17, 15) is 18.0 Å². The predicted octanol–water partition coefficient (Wildman–Crippen LogP) is -4.86. The smallest absolute Gasteiger partial charge is 1.00 e. The van der Waals surface area contributed by atoms with E-state index in [4.69, 9.17) is 14.1 Å². The van der Waals surface area contributed by atoms with Gasteiger partial charge < -0.3 is 16.4 Å². The number of carbonyl (C=O) groups is 2. The molecule has 0 aliphatic carbocycles. The maximum Gasteiger partial charge on any atom is 1.00 e. The number of amides is 3. The van der Waals surface area contributed by atoms with E-state index >= 15 is 0 Å². The molecule has 0 saturated carbocycles. The van der Waals surface area contributed by atoms with Crippen molar-refractivity contribution in [2.45, 2.75) is 31.0 Å². The third-order valence-corrected chi connectivity index (χ3v) is 4.60. The fraction of sp³-hybridized carbons (Fsp3) is 0.833. The third kappa shape index (κ3) is 5.27. The largest absolute Gasteiger partial charge is 1.00 e. The van der Waals surface area contributed by atoms with Crippen LogP contribution in [0.2, 0.25) is 0 Å². The van der Waals surface area contributed by atoms with Gasteiger partial charge in [0.2, 0.25) is 0 Å². The van der Waals surface area contributed by atoms with Gasteiger partial charge in [0.1, 0.15) is 12.6 Å². The molecule has 3 saturated heterocycles. The second kappa shape index (κ2) is 9.12. The normalized spacial score (nSPS) is 28.7. The number of fused-ring (bicyclic) bond motifs is 2. The van der Waals surface area contributed by atoms with Crippen LogP contribution < -0.4 is 40.4 Å². The molecule has 144 valence electrons. The summed E-state index contributed by atoms with van der Waals surface area (Å²) in [5, 5.41) is 3.72. The molecule has 0 aromatic heterocycles. The minimum absolute atomic E-state index is 0. The summed E-state index contributed by atoms with van der Waals surface area (Å²) in [5.41, 5.74) is 2.30. The third-order valence-electron chi connectivity index (χ3n) is 4.25. The Bertz CT molecular complexity index is 635. The molecule has 2 bridgehead atoms. The van der Waals surface area contributed by atoms with Crippen LogP contribution in [0.4, 0.5) is 4.79 Å². The molecule has 3 atom stereocenters. The van der Waals surface area contributed by atoms with Crippen LogP contribution in [-0.4, -0.2) is 85.9 Å². The molecular weight excluding hydrogens is 383 g/mol. The molecule has 3 N–H and O–H groups in total. The van der Waals surface area contributed by atoms with Gasteiger partial charge in [0.25, 0.3) is 5.91 Å². The van der Waals surface area contributed by atoms with Crippen LogP contribution in [0.25, 0.3) is 0 Å². The number of piperidine rings is 1. The Labute approximate surface area is 174 Å². The van der Waals surface area contributed by atoms with Crippen molar-refractivity contribution >= 4 is 22.3 Å². The number of urea groups is 1. The summed E-state index contributed by atoms with van der Waals surface area (Å²) in [7, 11) is -4.81. The molecule has 3 amide bonds. The molecule has 0 spiro atoms. The van der Waals surface area contributed by atoms with Crippen molar-refractivity contribution in [3.63, 3.8) is 0 Å². The van der Waals surface area contributed by atoms with Crippen LogP contribution in [-0.2, 0) is 29.1 Å². The molecule has 3 aliphatic rings. The number of hydrogen-bond acceptors (Lipinski definition) is 8. The molecule has 14 heteroatoms. The molecule has 3 heterocycles. The first-order valence-corrected chi connectivity index (χ1v) is 9.22. The number of hydroxylamine groups is 3. The van der Waals surface area contributed by atoms with Crippen molar-refractivity contribution in [3.05, 3.63) is 0 Å². The minimum atomic E-state index is -4.81. The SMILES string of the molecule is O=C(NOCC1CNCCO1)[C@@H]1CC[C@@H]2CN1C(=O)N2OS(=O)(=O)O.[H-].[Na+]. The summed E-state index contributed by atoms with van der Waals surface area (Å²) >= 11 is 0. The van der Waals surface area contributed by atoms with Crippen molar-refractivity contribution < 1.29 is 67.4 Å². The van der Waals surface area contributed by atoms with E-state index in [1.165, 1.54) is 4.90 Å². The molecule has 0 aromatic carbocycles. The summed E-state index contributed by atoms with van der Waals surface area (Å²) in [5.74, 6) is -0.510. The number of carbonyl (C=O) groups excluding carboxylic acids is 2. The average molecular weight is 404 g/mol. The number of hydrogen-bond donors (Lipinski definition) is 3. The van der Waals surface area contributed by atoms with Crippen molar-refractivity contribution in [2.75, 3.05) is 32.8 Å². The van der Waals surface area contributed by atoms with Gasteiger partial charge in [-0.25, -0.2) is 10.3 Å². The number of ether oxygens (including phenoxy) is 1. The van der Waals surface area contributed by atoms with E-state index in [0.717, 1.165) is 6.54 Å². The van der Waals surface area contributed by atoms with Crippen molar-refractivity contribution in [3.8, 4) is 0 Å². The zero-order chi connectivity index (χ0) is 18.0. The Morgan fingerprint density at radius 1 is 1.46 bits per heavy atom. The Morgan fingerprint density at radius 2 is 2.23 bits per heavy atom. The quantitative estimate of drug-likeness (QED) is 0.225. The van der Waals surface area contributed by atoms with Crippen LogP contribution in [0.1, 0.15) is 14.3 Å². The Kier molecular flexibility index (Phi) is 7.64. The number of nitrogens with one attached hydrogen (secondary N) is 2. The van der Waals surface area contributed by atoms with E-state index in [1.54, 1.807) is 0 Å². The average Bonchev–Trinajstić information content (AvgIpc) is 2.79. The molecular formula is C12H21N4NaO8S. The van der Waals surface area contributed by atoms with Gasteiger partial charge >= 0.3 is 46.0 Å². The van der Waals surface area contributed by atoms with Crippen molar-refractivity contribution in [1.29, 1.82) is 0 Å². The zero-order valence-corrected chi connectivity index (χ0v) is 17.1. The molecule has 0 radical (unpaired) electrons. The molecule has 1 unspecified atom stereocenters. The van der Waals surface area contributed by atoms with Crippen LogP contribution in [0, 0.1) is 0 Å². The topological polar surface area (TPSA) is 147 Å². The second-order valence-electron chi connectivity index (χ2n) is 5.98. The van der Waals surface area contributed by atoms with Gasteiger partial charge in [-0.3, -0.25) is 14.2 Å². The number of nitrogens with zero attached hydrogens (tertiary/aromatic N) is 2. The molecule has 3 aliphatic heterocycles. The number of morpholine rings is 1. The van der Waals surface area contributed by atoms with Crippen LogP contribution in [0.15, 0.2) is 0 Å². The van der Waals surface area contributed by atoms with Gasteiger partial charge in [-0.15, -0.1) is 4.28 Å². The van der Waals surface area contributed by atoms with E-state index < -0.39 is 34.4 Å². The van der Waals surface area contributed by atoms with E-state index in [-0.39, 0.29) is 50.2 Å². The van der Waals surface area contributed by atoms with E-state index in [2.05, 4.69) is 15.1 Å². The summed E-state index contributed by atoms with van der Waals surface area (Å²) in [6.07, 6.45) is 0.501. The summed E-state index contributed by atoms with van der Waals surface area (Å²) in [6, 6.07) is -2.13. The first kappa shape index (κ1) is 21.8. The van der Waals surface area contributed by atoms with Gasteiger partial charge in [-0.1, -0.05) is 0 Å². The fourth-order valence-electron chi connectivity index (χ4n) is 3.10. The zero-order valence-electron chi connectivity index (χ0n) is 15.3. The Balaban J connectivity index is 0.00000182. The first-order chi connectivity index (χ1) is 11.8. The number of rotatable bonds is 6. The predicted molar refractivity (Wildman–Crippen MR) is 81.2 cm³/mol. The van der Waals surface area contributed by atoms with Gasteiger partial charge in [-0.05, 0) is 12.8 Å². The summed E-state index contributed by atoms with van der Waals surface area (Å²) < 4.78 is 40.1. The summed E-state index contributed by atoms with van der Waals surface area (Å²) in [4.78, 5) is 30.8. The van der Waals surface area contributed by atoms with Crippen LogP contribution in [0.3, 0.4) is 0 Å². The molecule has 26 heavy (non-hydrogen) atoms. The van der Waals surface area contributed by atoms with Gasteiger partial charge in [0.05, 0.1) is 18.8 Å². The van der Waals surface area contributed by atoms with Gasteiger partial charge in [0, 0.05) is 19.6 Å². The fourth-order valence-corrected chi connectivity index (χ4v) is 3.49. The van der Waals surface area contributed by atoms with Gasteiger partial charge in [-0.2, -0.15) is 13.5 Å². The maximum atomic E-state index is 12.3. The Morgan fingerprint density at radius 3 is 2.88 bits per heavy atom. The summed E-state index contributed by atoms with van der Waals surface area (Å²) in [6.45, 7) is 2.25. The molecule has 0 aromatic rings. The second-order valence-corrected chi connectivity index (χ2v) is 6.99. The standard InChI is InChI=1S/C12H20N4O8S.Na.H/c17-11(14-23-7-9-5-13-3-4-22-9)10-2-1-8-6-15(10)12(18)16(8)24-25(19,20)21;;/h8-10,13H,1-7H2,(H,14,17)(H,19,20,21);;/q;+1;-1/t8-,9?,10+;;/m1../s1. The van der Waals surface area contributed by atoms with Crippen molar-refractivity contribution in [1.82, 2.24) is 20.8 Å².